The number of nitrogens with zero attached hydrogens (tertiary/aromatic N) is 2. The minimum atomic E-state index is 0.570. The predicted octanol–water partition coefficient (Wildman–Crippen LogP) is 4.03. The first-order valence-corrected chi connectivity index (χ1v) is 10.1. The van der Waals surface area contributed by atoms with Gasteiger partial charge in [-0.1, -0.05) is 6.92 Å². The largest absolute Gasteiger partial charge is 0.314 e. The molecule has 0 saturated carbocycles. The molecule has 3 nitrogen and oxygen atoms in total. The van der Waals surface area contributed by atoms with Crippen molar-refractivity contribution < 1.29 is 0 Å². The Labute approximate surface area is 141 Å². The highest BCUT2D eigenvalue weighted by Gasteiger charge is 2.22. The van der Waals surface area contributed by atoms with E-state index in [2.05, 4.69) is 63.6 Å². The molecule has 0 aromatic carbocycles. The van der Waals surface area contributed by atoms with Crippen LogP contribution in [0.4, 0.5) is 0 Å². The van der Waals surface area contributed by atoms with E-state index in [1.807, 2.05) is 0 Å². The number of nitrogens with one attached hydrogen (secondary N) is 1. The minimum Gasteiger partial charge on any atom is -0.314 e. The van der Waals surface area contributed by atoms with Crippen LogP contribution in [-0.2, 0) is 13.0 Å². The number of aromatic nitrogens is 2. The molecule has 2 rings (SSSR count). The smallest absolute Gasteiger partial charge is 0.0738 e. The summed E-state index contributed by atoms with van der Waals surface area (Å²) in [6, 6.07) is 0.570. The maximum atomic E-state index is 4.63. The molecule has 1 aromatic rings. The molecule has 21 heavy (non-hydrogen) atoms. The quantitative estimate of drug-likeness (QED) is 0.782. The molecule has 1 N–H and O–H groups in total. The molecule has 1 fully saturated rings. The summed E-state index contributed by atoms with van der Waals surface area (Å²) >= 11 is 5.85. The van der Waals surface area contributed by atoms with Gasteiger partial charge in [-0.3, -0.25) is 4.68 Å². The van der Waals surface area contributed by atoms with Crippen molar-refractivity contribution in [2.24, 2.45) is 5.92 Å². The number of thioether (sulfide) groups is 1. The van der Waals surface area contributed by atoms with Crippen molar-refractivity contribution in [2.45, 2.75) is 59.0 Å². The van der Waals surface area contributed by atoms with Gasteiger partial charge in [0.1, 0.15) is 0 Å². The summed E-state index contributed by atoms with van der Waals surface area (Å²) in [7, 11) is 0. The van der Waals surface area contributed by atoms with Gasteiger partial charge in [-0.05, 0) is 73.0 Å². The second-order valence-electron chi connectivity index (χ2n) is 5.91. The highest BCUT2D eigenvalue weighted by atomic mass is 79.9. The van der Waals surface area contributed by atoms with Crippen LogP contribution in [0.1, 0.15) is 44.5 Å². The van der Waals surface area contributed by atoms with Crippen LogP contribution in [0, 0.1) is 12.8 Å². The summed E-state index contributed by atoms with van der Waals surface area (Å²) < 4.78 is 3.35. The Balaban J connectivity index is 2.04. The Kier molecular flexibility index (Phi) is 7.10. The van der Waals surface area contributed by atoms with Crippen LogP contribution in [0.15, 0.2) is 4.47 Å². The van der Waals surface area contributed by atoms with Gasteiger partial charge in [0.2, 0.25) is 0 Å². The highest BCUT2D eigenvalue weighted by molar-refractivity contribution is 9.10. The van der Waals surface area contributed by atoms with Crippen molar-refractivity contribution in [3.63, 3.8) is 0 Å². The van der Waals surface area contributed by atoms with E-state index in [9.17, 15) is 0 Å². The molecule has 120 valence electrons. The maximum absolute atomic E-state index is 4.63. The van der Waals surface area contributed by atoms with Crippen molar-refractivity contribution in [1.82, 2.24) is 15.1 Å². The number of halogens is 1. The van der Waals surface area contributed by atoms with Gasteiger partial charge < -0.3 is 5.32 Å². The van der Waals surface area contributed by atoms with Gasteiger partial charge in [-0.15, -0.1) is 0 Å². The van der Waals surface area contributed by atoms with Crippen molar-refractivity contribution in [1.29, 1.82) is 0 Å². The fourth-order valence-electron chi connectivity index (χ4n) is 3.21. The lowest BCUT2D eigenvalue weighted by molar-refractivity contribution is 0.361. The van der Waals surface area contributed by atoms with Crippen LogP contribution in [0.5, 0.6) is 0 Å². The summed E-state index contributed by atoms with van der Waals surface area (Å²) in [5.74, 6) is 3.59. The Morgan fingerprint density at radius 3 is 2.71 bits per heavy atom. The average molecular weight is 374 g/mol. The Morgan fingerprint density at radius 2 is 2.10 bits per heavy atom. The third-order valence-electron chi connectivity index (χ3n) is 4.34. The van der Waals surface area contributed by atoms with Gasteiger partial charge >= 0.3 is 0 Å². The standard InChI is InChI=1S/C16H28BrN3S/c1-4-18-14(10-13-6-8-21-9-7-13)11-15-16(17)12(3)19-20(15)5-2/h13-14,18H,4-11H2,1-3H3. The van der Waals surface area contributed by atoms with E-state index in [0.717, 1.165) is 31.1 Å². The molecule has 5 heteroatoms. The fraction of sp³-hybridized carbons (Fsp3) is 0.812. The van der Waals surface area contributed by atoms with Crippen LogP contribution in [0.25, 0.3) is 0 Å². The molecule has 0 radical (unpaired) electrons. The summed E-state index contributed by atoms with van der Waals surface area (Å²) in [5, 5.41) is 8.32. The second-order valence-corrected chi connectivity index (χ2v) is 7.93. The molecule has 0 spiro atoms. The van der Waals surface area contributed by atoms with Crippen LogP contribution >= 0.6 is 27.7 Å². The normalized spacial score (nSPS) is 18.1. The van der Waals surface area contributed by atoms with Crippen LogP contribution < -0.4 is 5.32 Å². The first-order chi connectivity index (χ1) is 10.2. The third-order valence-corrected chi connectivity index (χ3v) is 6.42. The molecule has 0 aliphatic carbocycles. The summed E-state index contributed by atoms with van der Waals surface area (Å²) in [6.45, 7) is 8.45. The molecule has 1 aromatic heterocycles. The molecular weight excluding hydrogens is 346 g/mol. The van der Waals surface area contributed by atoms with Gasteiger partial charge in [-0.25, -0.2) is 0 Å². The first-order valence-electron chi connectivity index (χ1n) is 8.18. The van der Waals surface area contributed by atoms with Crippen LogP contribution in [0.3, 0.4) is 0 Å². The molecule has 2 heterocycles. The predicted molar refractivity (Wildman–Crippen MR) is 96.2 cm³/mol. The van der Waals surface area contributed by atoms with E-state index in [1.54, 1.807) is 0 Å². The lowest BCUT2D eigenvalue weighted by atomic mass is 9.92. The molecule has 1 atom stereocenters. The topological polar surface area (TPSA) is 29.9 Å². The Morgan fingerprint density at radius 1 is 1.38 bits per heavy atom. The maximum Gasteiger partial charge on any atom is 0.0738 e. The van der Waals surface area contributed by atoms with Crippen LogP contribution in [0.2, 0.25) is 0 Å². The molecule has 1 unspecified atom stereocenters. The van der Waals surface area contributed by atoms with E-state index in [-0.39, 0.29) is 0 Å². The molecule has 1 saturated heterocycles. The molecular formula is C16H28BrN3S. The zero-order valence-corrected chi connectivity index (χ0v) is 15.9. The highest BCUT2D eigenvalue weighted by Crippen LogP contribution is 2.28. The van der Waals surface area contributed by atoms with Crippen molar-refractivity contribution in [2.75, 3.05) is 18.1 Å². The zero-order valence-electron chi connectivity index (χ0n) is 13.5. The van der Waals surface area contributed by atoms with Gasteiger partial charge in [0.15, 0.2) is 0 Å². The van der Waals surface area contributed by atoms with Gasteiger partial charge in [0.05, 0.1) is 15.9 Å². The SMILES string of the molecule is CCNC(Cc1c(Br)c(C)nn1CC)CC1CCSCC1. The number of likely N-dealkylation sites (N-methyl/N-ethyl adjacent to an activating group) is 1. The minimum absolute atomic E-state index is 0.570. The van der Waals surface area contributed by atoms with Gasteiger partial charge in [0, 0.05) is 19.0 Å². The lowest BCUT2D eigenvalue weighted by Crippen LogP contribution is -2.34. The van der Waals surface area contributed by atoms with E-state index in [1.165, 1.54) is 40.9 Å². The van der Waals surface area contributed by atoms with E-state index >= 15 is 0 Å². The fourth-order valence-corrected chi connectivity index (χ4v) is 4.86. The number of hydrogen-bond donors (Lipinski definition) is 1. The molecule has 0 amide bonds. The summed E-state index contributed by atoms with van der Waals surface area (Å²) in [5.41, 5.74) is 2.46. The molecule has 0 bridgehead atoms. The number of rotatable bonds is 7. The van der Waals surface area contributed by atoms with Gasteiger partial charge in [0.25, 0.3) is 0 Å². The summed E-state index contributed by atoms with van der Waals surface area (Å²) in [4.78, 5) is 0. The van der Waals surface area contributed by atoms with Crippen molar-refractivity contribution in [3.8, 4) is 0 Å². The van der Waals surface area contributed by atoms with E-state index < -0.39 is 0 Å². The number of aryl methyl sites for hydroxylation is 2. The zero-order chi connectivity index (χ0) is 15.2. The second kappa shape index (κ2) is 8.59. The number of hydrogen-bond acceptors (Lipinski definition) is 3. The summed E-state index contributed by atoms with van der Waals surface area (Å²) in [6.07, 6.45) is 5.15. The molecule has 1 aliphatic heterocycles. The van der Waals surface area contributed by atoms with Crippen molar-refractivity contribution >= 4 is 27.7 Å². The van der Waals surface area contributed by atoms with Crippen LogP contribution in [-0.4, -0.2) is 33.9 Å². The monoisotopic (exact) mass is 373 g/mol. The average Bonchev–Trinajstić information content (AvgIpc) is 2.76. The van der Waals surface area contributed by atoms with E-state index in [4.69, 9.17) is 0 Å². The van der Waals surface area contributed by atoms with E-state index in [0.29, 0.717) is 6.04 Å². The Bertz CT molecular complexity index is 441. The first kappa shape index (κ1) is 17.4. The Hall–Kier alpha value is -0.000000000000000111. The van der Waals surface area contributed by atoms with Crippen molar-refractivity contribution in [3.05, 3.63) is 15.9 Å². The lowest BCUT2D eigenvalue weighted by Gasteiger charge is -2.27. The molecule has 1 aliphatic rings. The van der Waals surface area contributed by atoms with Gasteiger partial charge in [-0.2, -0.15) is 16.9 Å². The third kappa shape index (κ3) is 4.73.